The van der Waals surface area contributed by atoms with Crippen molar-refractivity contribution in [2.75, 3.05) is 13.2 Å². The van der Waals surface area contributed by atoms with E-state index in [1.54, 1.807) is 0 Å². The summed E-state index contributed by atoms with van der Waals surface area (Å²) in [5.74, 6) is 0.979. The number of rotatable bonds is 5. The number of aryl methyl sites for hydroxylation is 1. The average molecular weight is 223 g/mol. The van der Waals surface area contributed by atoms with E-state index in [0.717, 1.165) is 37.6 Å². The fraction of sp³-hybridized carbons (Fsp3) is 0.750. The van der Waals surface area contributed by atoms with Crippen LogP contribution in [0.15, 0.2) is 6.20 Å². The monoisotopic (exact) mass is 223 g/mol. The van der Waals surface area contributed by atoms with Crippen molar-refractivity contribution in [2.45, 2.75) is 45.3 Å². The predicted octanol–water partition coefficient (Wildman–Crippen LogP) is 1.77. The molecule has 1 atom stereocenters. The Hall–Kier alpha value is -0.870. The summed E-state index contributed by atoms with van der Waals surface area (Å²) in [6, 6.07) is 0. The molecule has 2 N–H and O–H groups in total. The van der Waals surface area contributed by atoms with E-state index in [1.165, 1.54) is 19.3 Å². The van der Waals surface area contributed by atoms with Gasteiger partial charge in [-0.2, -0.15) is 0 Å². The van der Waals surface area contributed by atoms with Gasteiger partial charge < -0.3 is 15.0 Å². The molecule has 1 saturated heterocycles. The molecule has 0 aromatic carbocycles. The van der Waals surface area contributed by atoms with Crippen molar-refractivity contribution in [1.29, 1.82) is 0 Å². The third-order valence-electron chi connectivity index (χ3n) is 2.99. The summed E-state index contributed by atoms with van der Waals surface area (Å²) < 4.78 is 5.67. The molecule has 1 aromatic rings. The second kappa shape index (κ2) is 6.01. The summed E-state index contributed by atoms with van der Waals surface area (Å²) in [5.41, 5.74) is 1.15. The summed E-state index contributed by atoms with van der Waals surface area (Å²) in [6.07, 6.45) is 7.27. The number of aromatic amines is 1. The quantitative estimate of drug-likeness (QED) is 0.748. The van der Waals surface area contributed by atoms with Gasteiger partial charge in [0.2, 0.25) is 0 Å². The largest absolute Gasteiger partial charge is 0.378 e. The molecule has 90 valence electrons. The fourth-order valence-electron chi connectivity index (χ4n) is 2.08. The van der Waals surface area contributed by atoms with Crippen molar-refractivity contribution >= 4 is 0 Å². The van der Waals surface area contributed by atoms with Crippen LogP contribution < -0.4 is 5.32 Å². The molecule has 2 rings (SSSR count). The van der Waals surface area contributed by atoms with Crippen LogP contribution in [0, 0.1) is 6.92 Å². The highest BCUT2D eigenvalue weighted by molar-refractivity contribution is 4.99. The van der Waals surface area contributed by atoms with Gasteiger partial charge in [0.25, 0.3) is 0 Å². The van der Waals surface area contributed by atoms with Crippen LogP contribution in [0.4, 0.5) is 0 Å². The van der Waals surface area contributed by atoms with Gasteiger partial charge in [0.1, 0.15) is 5.82 Å². The van der Waals surface area contributed by atoms with Crippen LogP contribution >= 0.6 is 0 Å². The van der Waals surface area contributed by atoms with Gasteiger partial charge in [-0.1, -0.05) is 0 Å². The lowest BCUT2D eigenvalue weighted by Crippen LogP contribution is -2.25. The van der Waals surface area contributed by atoms with Gasteiger partial charge in [0.15, 0.2) is 0 Å². The fourth-order valence-corrected chi connectivity index (χ4v) is 2.08. The summed E-state index contributed by atoms with van der Waals surface area (Å²) in [4.78, 5) is 7.37. The first-order valence-corrected chi connectivity index (χ1v) is 6.17. The van der Waals surface area contributed by atoms with Crippen molar-refractivity contribution in [3.63, 3.8) is 0 Å². The topological polar surface area (TPSA) is 49.9 Å². The third kappa shape index (κ3) is 3.61. The zero-order chi connectivity index (χ0) is 11.2. The van der Waals surface area contributed by atoms with E-state index in [0.29, 0.717) is 6.10 Å². The molecule has 0 spiro atoms. The summed E-state index contributed by atoms with van der Waals surface area (Å²) in [6.45, 7) is 4.81. The maximum atomic E-state index is 5.67. The zero-order valence-electron chi connectivity index (χ0n) is 9.96. The van der Waals surface area contributed by atoms with Gasteiger partial charge in [0.05, 0.1) is 6.10 Å². The lowest BCUT2D eigenvalue weighted by molar-refractivity contribution is 0.0115. The molecule has 1 fully saturated rings. The highest BCUT2D eigenvalue weighted by Crippen LogP contribution is 2.14. The van der Waals surface area contributed by atoms with E-state index in [9.17, 15) is 0 Å². The minimum Gasteiger partial charge on any atom is -0.378 e. The van der Waals surface area contributed by atoms with Crippen LogP contribution in [0.2, 0.25) is 0 Å². The molecule has 2 heterocycles. The Labute approximate surface area is 96.8 Å². The van der Waals surface area contributed by atoms with Crippen LogP contribution in [0.1, 0.15) is 37.2 Å². The summed E-state index contributed by atoms with van der Waals surface area (Å²) in [7, 11) is 0. The SMILES string of the molecule is Cc1ncc(CNCCC2CCCCO2)[nH]1. The molecule has 1 unspecified atom stereocenters. The molecule has 0 amide bonds. The predicted molar refractivity (Wildman–Crippen MR) is 63.2 cm³/mol. The highest BCUT2D eigenvalue weighted by atomic mass is 16.5. The average Bonchev–Trinajstić information content (AvgIpc) is 2.72. The number of nitrogens with zero attached hydrogens (tertiary/aromatic N) is 1. The minimum atomic E-state index is 0.477. The third-order valence-corrected chi connectivity index (χ3v) is 2.99. The maximum Gasteiger partial charge on any atom is 0.103 e. The van der Waals surface area contributed by atoms with E-state index in [2.05, 4.69) is 15.3 Å². The van der Waals surface area contributed by atoms with Crippen molar-refractivity contribution < 1.29 is 4.74 Å². The second-order valence-electron chi connectivity index (χ2n) is 4.45. The minimum absolute atomic E-state index is 0.477. The lowest BCUT2D eigenvalue weighted by atomic mass is 10.1. The van der Waals surface area contributed by atoms with Gasteiger partial charge >= 0.3 is 0 Å². The van der Waals surface area contributed by atoms with E-state index in [-0.39, 0.29) is 0 Å². The summed E-state index contributed by atoms with van der Waals surface area (Å²) >= 11 is 0. The van der Waals surface area contributed by atoms with Crippen molar-refractivity contribution in [3.8, 4) is 0 Å². The molecule has 0 radical (unpaired) electrons. The van der Waals surface area contributed by atoms with Crippen molar-refractivity contribution in [1.82, 2.24) is 15.3 Å². The van der Waals surface area contributed by atoms with Gasteiger partial charge in [-0.3, -0.25) is 0 Å². The number of imidazole rings is 1. The van der Waals surface area contributed by atoms with E-state index in [1.807, 2.05) is 13.1 Å². The smallest absolute Gasteiger partial charge is 0.103 e. The Morgan fingerprint density at radius 1 is 1.56 bits per heavy atom. The molecule has 1 aromatic heterocycles. The number of hydrogen-bond acceptors (Lipinski definition) is 3. The van der Waals surface area contributed by atoms with Crippen molar-refractivity contribution in [3.05, 3.63) is 17.7 Å². The standard InChI is InChI=1S/C12H21N3O/c1-10-14-9-11(15-10)8-13-6-5-12-4-2-3-7-16-12/h9,12-13H,2-8H2,1H3,(H,14,15). The molecule has 0 aliphatic carbocycles. The van der Waals surface area contributed by atoms with E-state index in [4.69, 9.17) is 4.74 Å². The number of hydrogen-bond donors (Lipinski definition) is 2. The molecule has 0 bridgehead atoms. The van der Waals surface area contributed by atoms with Crippen LogP contribution in [0.3, 0.4) is 0 Å². The van der Waals surface area contributed by atoms with Crippen LogP contribution in [-0.2, 0) is 11.3 Å². The number of nitrogens with one attached hydrogen (secondary N) is 2. The Kier molecular flexibility index (Phi) is 4.36. The zero-order valence-corrected chi connectivity index (χ0v) is 9.96. The van der Waals surface area contributed by atoms with Gasteiger partial charge in [-0.15, -0.1) is 0 Å². The van der Waals surface area contributed by atoms with E-state index >= 15 is 0 Å². The molecule has 0 saturated carbocycles. The van der Waals surface area contributed by atoms with Gasteiger partial charge in [-0.25, -0.2) is 4.98 Å². The first-order chi connectivity index (χ1) is 7.84. The number of aromatic nitrogens is 2. The number of ether oxygens (including phenoxy) is 1. The molecule has 4 nitrogen and oxygen atoms in total. The molecule has 1 aliphatic heterocycles. The van der Waals surface area contributed by atoms with Crippen LogP contribution in [-0.4, -0.2) is 29.2 Å². The Bertz CT molecular complexity index is 305. The molecule has 4 heteroatoms. The summed E-state index contributed by atoms with van der Waals surface area (Å²) in [5, 5.41) is 3.41. The van der Waals surface area contributed by atoms with Crippen molar-refractivity contribution in [2.24, 2.45) is 0 Å². The second-order valence-corrected chi connectivity index (χ2v) is 4.45. The van der Waals surface area contributed by atoms with Gasteiger partial charge in [0, 0.05) is 25.0 Å². The normalized spacial score (nSPS) is 21.2. The first kappa shape index (κ1) is 11.6. The first-order valence-electron chi connectivity index (χ1n) is 6.17. The van der Waals surface area contributed by atoms with Crippen LogP contribution in [0.5, 0.6) is 0 Å². The Morgan fingerprint density at radius 2 is 2.50 bits per heavy atom. The highest BCUT2D eigenvalue weighted by Gasteiger charge is 2.12. The molecule has 1 aliphatic rings. The maximum absolute atomic E-state index is 5.67. The van der Waals surface area contributed by atoms with Crippen LogP contribution in [0.25, 0.3) is 0 Å². The molecular weight excluding hydrogens is 202 g/mol. The van der Waals surface area contributed by atoms with E-state index < -0.39 is 0 Å². The Balaban J connectivity index is 1.57. The molecular formula is C12H21N3O. The Morgan fingerprint density at radius 3 is 3.19 bits per heavy atom. The number of H-pyrrole nitrogens is 1. The van der Waals surface area contributed by atoms with Gasteiger partial charge in [-0.05, 0) is 39.2 Å². The molecule has 16 heavy (non-hydrogen) atoms. The lowest BCUT2D eigenvalue weighted by Gasteiger charge is -2.22.